The number of carboxylic acid groups (broad SMARTS) is 1. The van der Waals surface area contributed by atoms with Crippen molar-refractivity contribution in [3.63, 3.8) is 0 Å². The zero-order chi connectivity index (χ0) is 17.4. The second-order valence-corrected chi connectivity index (χ2v) is 6.35. The van der Waals surface area contributed by atoms with E-state index in [-0.39, 0.29) is 12.4 Å². The van der Waals surface area contributed by atoms with Crippen LogP contribution in [0.15, 0.2) is 6.33 Å². The summed E-state index contributed by atoms with van der Waals surface area (Å²) in [6.45, 7) is 7.56. The van der Waals surface area contributed by atoms with Crippen LogP contribution in [0.3, 0.4) is 0 Å². The Bertz CT molecular complexity index is 528. The third-order valence-electron chi connectivity index (χ3n) is 4.74. The van der Waals surface area contributed by atoms with Gasteiger partial charge in [-0.2, -0.15) is 0 Å². The third-order valence-corrected chi connectivity index (χ3v) is 4.74. The molecule has 2 aliphatic rings. The molecule has 8 heteroatoms. The van der Waals surface area contributed by atoms with Crippen molar-refractivity contribution in [2.24, 2.45) is 5.92 Å². The molecule has 8 nitrogen and oxygen atoms in total. The molecule has 24 heavy (non-hydrogen) atoms. The number of hydrogen-bond donors (Lipinski definition) is 1. The van der Waals surface area contributed by atoms with Gasteiger partial charge in [-0.05, 0) is 39.2 Å². The molecule has 2 saturated heterocycles. The minimum absolute atomic E-state index is 0.207. The average Bonchev–Trinajstić information content (AvgIpc) is 3.25. The Morgan fingerprint density at radius 2 is 2.00 bits per heavy atom. The number of rotatable bonds is 4. The number of likely N-dealkylation sites (tertiary alicyclic amines) is 2. The Balaban J connectivity index is 0.000000647. The molecular weight excluding hydrogens is 310 g/mol. The van der Waals surface area contributed by atoms with Gasteiger partial charge in [-0.1, -0.05) is 0 Å². The van der Waals surface area contributed by atoms with Gasteiger partial charge in [0.1, 0.15) is 12.2 Å². The highest BCUT2D eigenvalue weighted by molar-refractivity contribution is 5.79. The highest BCUT2D eigenvalue weighted by Crippen LogP contribution is 2.21. The van der Waals surface area contributed by atoms with Gasteiger partial charge in [0.2, 0.25) is 5.91 Å². The van der Waals surface area contributed by atoms with Crippen molar-refractivity contribution >= 4 is 12.4 Å². The minimum atomic E-state index is -0.250. The van der Waals surface area contributed by atoms with Crippen molar-refractivity contribution < 1.29 is 14.7 Å². The maximum atomic E-state index is 12.5. The van der Waals surface area contributed by atoms with Crippen molar-refractivity contribution in [3.05, 3.63) is 12.2 Å². The molecule has 1 aromatic heterocycles. The highest BCUT2D eigenvalue weighted by atomic mass is 16.3. The fourth-order valence-corrected chi connectivity index (χ4v) is 3.44. The first-order valence-corrected chi connectivity index (χ1v) is 8.59. The van der Waals surface area contributed by atoms with Crippen LogP contribution in [0.2, 0.25) is 0 Å². The van der Waals surface area contributed by atoms with Crippen LogP contribution in [0.4, 0.5) is 0 Å². The number of hydrogen-bond acceptors (Lipinski definition) is 5. The van der Waals surface area contributed by atoms with E-state index in [0.717, 1.165) is 57.9 Å². The van der Waals surface area contributed by atoms with Crippen LogP contribution in [0.25, 0.3) is 0 Å². The van der Waals surface area contributed by atoms with Gasteiger partial charge in [0.05, 0.1) is 5.92 Å². The van der Waals surface area contributed by atoms with Crippen molar-refractivity contribution in [3.8, 4) is 0 Å². The van der Waals surface area contributed by atoms with Gasteiger partial charge < -0.3 is 19.5 Å². The number of carbonyl (C=O) groups excluding carboxylic acids is 1. The summed E-state index contributed by atoms with van der Waals surface area (Å²) in [6.07, 6.45) is 6.32. The largest absolute Gasteiger partial charge is 0.483 e. The normalized spacial score (nSPS) is 21.2. The number of aromatic nitrogens is 3. The van der Waals surface area contributed by atoms with Crippen LogP contribution < -0.4 is 0 Å². The Kier molecular flexibility index (Phi) is 7.17. The van der Waals surface area contributed by atoms with Gasteiger partial charge in [-0.25, -0.2) is 0 Å². The maximum Gasteiger partial charge on any atom is 0.290 e. The lowest BCUT2D eigenvalue weighted by molar-refractivity contribution is -0.136. The standard InChI is InChI=1S/C15H25N5O.CH2O2/c1-13-17-16-12-20(13)10-9-18-6-4-5-14(11-18)15(21)19-7-2-3-8-19;2-1-3/h12,14H,2-11H2,1H3;1H,(H,2,3). The summed E-state index contributed by atoms with van der Waals surface area (Å²) in [5.74, 6) is 1.55. The van der Waals surface area contributed by atoms with E-state index in [1.165, 1.54) is 12.8 Å². The fraction of sp³-hybridized carbons (Fsp3) is 0.750. The maximum absolute atomic E-state index is 12.5. The van der Waals surface area contributed by atoms with Crippen LogP contribution in [0.5, 0.6) is 0 Å². The van der Waals surface area contributed by atoms with E-state index in [2.05, 4.69) is 24.6 Å². The third kappa shape index (κ3) is 5.02. The van der Waals surface area contributed by atoms with Crippen molar-refractivity contribution in [2.45, 2.75) is 39.2 Å². The molecule has 1 unspecified atom stereocenters. The van der Waals surface area contributed by atoms with E-state index in [4.69, 9.17) is 9.90 Å². The minimum Gasteiger partial charge on any atom is -0.483 e. The molecule has 0 radical (unpaired) electrons. The van der Waals surface area contributed by atoms with Gasteiger partial charge >= 0.3 is 0 Å². The molecule has 1 amide bonds. The molecule has 1 N–H and O–H groups in total. The summed E-state index contributed by atoms with van der Waals surface area (Å²) >= 11 is 0. The van der Waals surface area contributed by atoms with Gasteiger partial charge in [0.25, 0.3) is 6.47 Å². The highest BCUT2D eigenvalue weighted by Gasteiger charge is 2.30. The molecule has 3 heterocycles. The average molecular weight is 337 g/mol. The van der Waals surface area contributed by atoms with E-state index >= 15 is 0 Å². The van der Waals surface area contributed by atoms with E-state index in [1.807, 2.05) is 6.92 Å². The lowest BCUT2D eigenvalue weighted by Gasteiger charge is -2.33. The van der Waals surface area contributed by atoms with Crippen LogP contribution in [-0.2, 0) is 16.1 Å². The molecule has 3 rings (SSSR count). The van der Waals surface area contributed by atoms with Crippen molar-refractivity contribution in [1.82, 2.24) is 24.6 Å². The van der Waals surface area contributed by atoms with Crippen molar-refractivity contribution in [1.29, 1.82) is 0 Å². The fourth-order valence-electron chi connectivity index (χ4n) is 3.44. The lowest BCUT2D eigenvalue weighted by atomic mass is 9.96. The summed E-state index contributed by atoms with van der Waals surface area (Å²) in [6, 6.07) is 0. The molecular formula is C16H27N5O3. The second kappa shape index (κ2) is 9.36. The Morgan fingerprint density at radius 1 is 1.29 bits per heavy atom. The van der Waals surface area contributed by atoms with Crippen LogP contribution in [0.1, 0.15) is 31.5 Å². The van der Waals surface area contributed by atoms with Crippen LogP contribution >= 0.6 is 0 Å². The Morgan fingerprint density at radius 3 is 2.62 bits per heavy atom. The summed E-state index contributed by atoms with van der Waals surface area (Å²) in [4.78, 5) is 25.4. The molecule has 0 aromatic carbocycles. The van der Waals surface area contributed by atoms with E-state index in [9.17, 15) is 4.79 Å². The molecule has 2 aliphatic heterocycles. The predicted octanol–water partition coefficient (Wildman–Crippen LogP) is 0.622. The molecule has 1 aromatic rings. The molecule has 0 spiro atoms. The number of nitrogens with zero attached hydrogens (tertiary/aromatic N) is 5. The Hall–Kier alpha value is -1.96. The number of amides is 1. The molecule has 134 valence electrons. The zero-order valence-corrected chi connectivity index (χ0v) is 14.3. The molecule has 0 bridgehead atoms. The molecule has 2 fully saturated rings. The second-order valence-electron chi connectivity index (χ2n) is 6.35. The van der Waals surface area contributed by atoms with Crippen LogP contribution in [0, 0.1) is 12.8 Å². The van der Waals surface area contributed by atoms with E-state index in [0.29, 0.717) is 5.91 Å². The topological polar surface area (TPSA) is 91.6 Å². The molecule has 0 aliphatic carbocycles. The first-order valence-electron chi connectivity index (χ1n) is 8.59. The summed E-state index contributed by atoms with van der Waals surface area (Å²) in [5, 5.41) is 14.8. The molecule has 1 atom stereocenters. The SMILES string of the molecule is Cc1nncn1CCN1CCCC(C(=O)N2CCCC2)C1.O=CO. The predicted molar refractivity (Wildman–Crippen MR) is 88.4 cm³/mol. The number of aryl methyl sites for hydroxylation is 1. The zero-order valence-electron chi connectivity index (χ0n) is 14.3. The lowest BCUT2D eigenvalue weighted by Crippen LogP contribution is -2.44. The van der Waals surface area contributed by atoms with Gasteiger partial charge in [0.15, 0.2) is 0 Å². The van der Waals surface area contributed by atoms with Gasteiger partial charge in [0, 0.05) is 32.7 Å². The number of carbonyl (C=O) groups is 2. The van der Waals surface area contributed by atoms with E-state index in [1.54, 1.807) is 6.33 Å². The van der Waals surface area contributed by atoms with Crippen LogP contribution in [-0.4, -0.2) is 74.8 Å². The van der Waals surface area contributed by atoms with Gasteiger partial charge in [-0.3, -0.25) is 9.59 Å². The first-order chi connectivity index (χ1) is 11.7. The molecule has 0 saturated carbocycles. The number of piperidine rings is 1. The quantitative estimate of drug-likeness (QED) is 0.810. The summed E-state index contributed by atoms with van der Waals surface area (Å²) in [5.41, 5.74) is 0. The monoisotopic (exact) mass is 337 g/mol. The van der Waals surface area contributed by atoms with Gasteiger partial charge in [-0.15, -0.1) is 10.2 Å². The van der Waals surface area contributed by atoms with Crippen molar-refractivity contribution in [2.75, 3.05) is 32.7 Å². The summed E-state index contributed by atoms with van der Waals surface area (Å²) < 4.78 is 2.08. The summed E-state index contributed by atoms with van der Waals surface area (Å²) in [7, 11) is 0. The first kappa shape index (κ1) is 18.4. The smallest absolute Gasteiger partial charge is 0.290 e. The van der Waals surface area contributed by atoms with E-state index < -0.39 is 0 Å². The Labute approximate surface area is 142 Å².